The fraction of sp³-hybridized carbons (Fsp3) is 0.545. The molecule has 0 spiro atoms. The van der Waals surface area contributed by atoms with Crippen LogP contribution in [0.15, 0.2) is 12.3 Å². The molecule has 0 radical (unpaired) electrons. The summed E-state index contributed by atoms with van der Waals surface area (Å²) in [4.78, 5) is 13.7. The molecule has 4 heteroatoms. The summed E-state index contributed by atoms with van der Waals surface area (Å²) in [5.41, 5.74) is 6.89. The summed E-state index contributed by atoms with van der Waals surface area (Å²) in [5.74, 6) is 0.486. The van der Waals surface area contributed by atoms with Crippen LogP contribution in [0.2, 0.25) is 0 Å². The van der Waals surface area contributed by atoms with Crippen molar-refractivity contribution < 1.29 is 4.79 Å². The first kappa shape index (κ1) is 11.6. The van der Waals surface area contributed by atoms with Crippen molar-refractivity contribution in [1.82, 2.24) is 9.47 Å². The Morgan fingerprint density at radius 1 is 1.60 bits per heavy atom. The molecular formula is C11H19N3O. The Morgan fingerprint density at radius 2 is 2.20 bits per heavy atom. The van der Waals surface area contributed by atoms with Crippen molar-refractivity contribution >= 4 is 11.6 Å². The quantitative estimate of drug-likeness (QED) is 0.816. The highest BCUT2D eigenvalue weighted by Crippen LogP contribution is 2.11. The summed E-state index contributed by atoms with van der Waals surface area (Å²) in [6.45, 7) is 4.93. The fourth-order valence-corrected chi connectivity index (χ4v) is 1.63. The summed E-state index contributed by atoms with van der Waals surface area (Å²) < 4.78 is 1.76. The Morgan fingerprint density at radius 3 is 2.60 bits per heavy atom. The maximum atomic E-state index is 12.0. The molecule has 84 valence electrons. The Kier molecular flexibility index (Phi) is 3.39. The van der Waals surface area contributed by atoms with Gasteiger partial charge in [-0.1, -0.05) is 13.8 Å². The minimum Gasteiger partial charge on any atom is -0.397 e. The number of aromatic nitrogens is 1. The number of nitrogens with zero attached hydrogens (tertiary/aromatic N) is 2. The van der Waals surface area contributed by atoms with E-state index in [4.69, 9.17) is 5.73 Å². The van der Waals surface area contributed by atoms with Crippen LogP contribution in [0.25, 0.3) is 0 Å². The van der Waals surface area contributed by atoms with Gasteiger partial charge in [-0.05, 0) is 12.0 Å². The summed E-state index contributed by atoms with van der Waals surface area (Å²) in [6, 6.07) is 1.71. The van der Waals surface area contributed by atoms with Crippen molar-refractivity contribution in [2.24, 2.45) is 13.0 Å². The first-order valence-corrected chi connectivity index (χ1v) is 5.09. The van der Waals surface area contributed by atoms with Crippen LogP contribution in [0.5, 0.6) is 0 Å². The number of amides is 1. The van der Waals surface area contributed by atoms with Gasteiger partial charge in [-0.25, -0.2) is 0 Å². The topological polar surface area (TPSA) is 51.3 Å². The Balaban J connectivity index is 2.80. The van der Waals surface area contributed by atoms with Crippen molar-refractivity contribution in [3.63, 3.8) is 0 Å². The van der Waals surface area contributed by atoms with E-state index in [1.165, 1.54) is 0 Å². The zero-order valence-electron chi connectivity index (χ0n) is 9.82. The molecule has 0 atom stereocenters. The van der Waals surface area contributed by atoms with E-state index in [1.807, 2.05) is 14.1 Å². The normalized spacial score (nSPS) is 10.7. The van der Waals surface area contributed by atoms with Gasteiger partial charge in [0, 0.05) is 26.8 Å². The number of hydrogen-bond donors (Lipinski definition) is 1. The van der Waals surface area contributed by atoms with E-state index in [-0.39, 0.29) is 5.91 Å². The minimum atomic E-state index is 0.0166. The SMILES string of the molecule is CC(C)CN(C)C(=O)c1cc(N)cn1C. The number of carbonyl (C=O) groups excluding carboxylic acids is 1. The van der Waals surface area contributed by atoms with Gasteiger partial charge in [0.1, 0.15) is 5.69 Å². The van der Waals surface area contributed by atoms with E-state index in [2.05, 4.69) is 13.8 Å². The van der Waals surface area contributed by atoms with E-state index < -0.39 is 0 Å². The summed E-state index contributed by atoms with van der Waals surface area (Å²) in [6.07, 6.45) is 1.75. The Labute approximate surface area is 90.7 Å². The molecule has 0 aromatic carbocycles. The predicted octanol–water partition coefficient (Wildman–Crippen LogP) is 1.34. The number of rotatable bonds is 3. The standard InChI is InChI=1S/C11H19N3O/c1-8(2)6-14(4)11(15)10-5-9(12)7-13(10)3/h5,7-8H,6,12H2,1-4H3. The second-order valence-corrected chi connectivity index (χ2v) is 4.35. The van der Waals surface area contributed by atoms with Gasteiger partial charge < -0.3 is 15.2 Å². The second kappa shape index (κ2) is 4.38. The van der Waals surface area contributed by atoms with E-state index >= 15 is 0 Å². The maximum absolute atomic E-state index is 12.0. The summed E-state index contributed by atoms with van der Waals surface area (Å²) in [7, 11) is 3.64. The van der Waals surface area contributed by atoms with Gasteiger partial charge in [0.05, 0.1) is 5.69 Å². The molecule has 1 aromatic heterocycles. The largest absolute Gasteiger partial charge is 0.397 e. The molecule has 0 saturated carbocycles. The molecule has 1 rings (SSSR count). The van der Waals surface area contributed by atoms with Gasteiger partial charge in [0.2, 0.25) is 0 Å². The predicted molar refractivity (Wildman–Crippen MR) is 61.6 cm³/mol. The monoisotopic (exact) mass is 209 g/mol. The van der Waals surface area contributed by atoms with Crippen LogP contribution >= 0.6 is 0 Å². The van der Waals surface area contributed by atoms with Gasteiger partial charge in [-0.3, -0.25) is 4.79 Å². The number of nitrogen functional groups attached to an aromatic ring is 1. The number of anilines is 1. The third-order valence-corrected chi connectivity index (χ3v) is 2.23. The molecule has 1 heterocycles. The highest BCUT2D eigenvalue weighted by molar-refractivity contribution is 5.93. The molecule has 1 aromatic rings. The fourth-order valence-electron chi connectivity index (χ4n) is 1.63. The molecule has 0 aliphatic carbocycles. The number of carbonyl (C=O) groups is 1. The zero-order valence-corrected chi connectivity index (χ0v) is 9.82. The van der Waals surface area contributed by atoms with Gasteiger partial charge in [0.15, 0.2) is 0 Å². The molecule has 0 saturated heterocycles. The lowest BCUT2D eigenvalue weighted by Crippen LogP contribution is -2.31. The van der Waals surface area contributed by atoms with Crippen LogP contribution in [-0.4, -0.2) is 29.0 Å². The zero-order chi connectivity index (χ0) is 11.6. The number of nitrogens with two attached hydrogens (primary N) is 1. The van der Waals surface area contributed by atoms with Gasteiger partial charge in [0.25, 0.3) is 5.91 Å². The first-order valence-electron chi connectivity index (χ1n) is 5.09. The minimum absolute atomic E-state index is 0.0166. The van der Waals surface area contributed by atoms with Crippen LogP contribution in [-0.2, 0) is 7.05 Å². The van der Waals surface area contributed by atoms with E-state index in [9.17, 15) is 4.79 Å². The average molecular weight is 209 g/mol. The highest BCUT2D eigenvalue weighted by Gasteiger charge is 2.16. The molecule has 0 aliphatic rings. The lowest BCUT2D eigenvalue weighted by molar-refractivity contribution is 0.0770. The van der Waals surface area contributed by atoms with Crippen molar-refractivity contribution in [1.29, 1.82) is 0 Å². The lowest BCUT2D eigenvalue weighted by Gasteiger charge is -2.19. The number of aryl methyl sites for hydroxylation is 1. The molecule has 1 amide bonds. The average Bonchev–Trinajstić information content (AvgIpc) is 2.42. The molecular weight excluding hydrogens is 190 g/mol. The van der Waals surface area contributed by atoms with Crippen molar-refractivity contribution in [2.45, 2.75) is 13.8 Å². The van der Waals surface area contributed by atoms with Gasteiger partial charge in [-0.15, -0.1) is 0 Å². The van der Waals surface area contributed by atoms with E-state index in [0.29, 0.717) is 17.3 Å². The third kappa shape index (κ3) is 2.75. The van der Waals surface area contributed by atoms with Crippen molar-refractivity contribution in [3.05, 3.63) is 18.0 Å². The van der Waals surface area contributed by atoms with Crippen LogP contribution < -0.4 is 5.73 Å². The van der Waals surface area contributed by atoms with Crippen LogP contribution in [0.3, 0.4) is 0 Å². The Hall–Kier alpha value is -1.45. The van der Waals surface area contributed by atoms with Crippen LogP contribution in [0.4, 0.5) is 5.69 Å². The third-order valence-electron chi connectivity index (χ3n) is 2.23. The lowest BCUT2D eigenvalue weighted by atomic mass is 10.2. The maximum Gasteiger partial charge on any atom is 0.270 e. The second-order valence-electron chi connectivity index (χ2n) is 4.35. The molecule has 0 bridgehead atoms. The number of hydrogen-bond acceptors (Lipinski definition) is 2. The van der Waals surface area contributed by atoms with E-state index in [1.54, 1.807) is 21.7 Å². The van der Waals surface area contributed by atoms with Crippen LogP contribution in [0, 0.1) is 5.92 Å². The van der Waals surface area contributed by atoms with Crippen molar-refractivity contribution in [3.8, 4) is 0 Å². The van der Waals surface area contributed by atoms with E-state index in [0.717, 1.165) is 6.54 Å². The summed E-state index contributed by atoms with van der Waals surface area (Å²) in [5, 5.41) is 0. The smallest absolute Gasteiger partial charge is 0.270 e. The van der Waals surface area contributed by atoms with Gasteiger partial charge in [-0.2, -0.15) is 0 Å². The van der Waals surface area contributed by atoms with Gasteiger partial charge >= 0.3 is 0 Å². The Bertz CT molecular complexity index is 355. The van der Waals surface area contributed by atoms with Crippen LogP contribution in [0.1, 0.15) is 24.3 Å². The van der Waals surface area contributed by atoms with Crippen molar-refractivity contribution in [2.75, 3.05) is 19.3 Å². The molecule has 15 heavy (non-hydrogen) atoms. The summed E-state index contributed by atoms with van der Waals surface area (Å²) >= 11 is 0. The molecule has 0 unspecified atom stereocenters. The molecule has 2 N–H and O–H groups in total. The molecule has 0 aliphatic heterocycles. The highest BCUT2D eigenvalue weighted by atomic mass is 16.2. The molecule has 4 nitrogen and oxygen atoms in total. The first-order chi connectivity index (χ1) is 6.91. The molecule has 0 fully saturated rings.